The molecule has 0 aliphatic rings. The molecule has 0 aliphatic carbocycles. The van der Waals surface area contributed by atoms with E-state index in [-0.39, 0.29) is 25.1 Å². The molecule has 2 aromatic carbocycles. The van der Waals surface area contributed by atoms with Gasteiger partial charge in [-0.3, -0.25) is 9.59 Å². The first kappa shape index (κ1) is 20.4. The van der Waals surface area contributed by atoms with E-state index in [1.165, 1.54) is 18.2 Å². The highest BCUT2D eigenvalue weighted by atomic mass is 35.5. The number of hydrogen-bond donors (Lipinski definition) is 0. The average molecular weight is 389 g/mol. The number of benzene rings is 2. The SMILES string of the molecule is N#CCCN(C(=O)COC(=O)CCc1ccccc1Cl)c1ccccc1F. The minimum absolute atomic E-state index is 0.00738. The maximum Gasteiger partial charge on any atom is 0.306 e. The number of rotatable bonds is 8. The van der Waals surface area contributed by atoms with E-state index in [0.717, 1.165) is 10.5 Å². The molecule has 0 radical (unpaired) electrons. The zero-order valence-electron chi connectivity index (χ0n) is 14.5. The summed E-state index contributed by atoms with van der Waals surface area (Å²) in [6.07, 6.45) is 0.480. The average Bonchev–Trinajstić information content (AvgIpc) is 2.67. The van der Waals surface area contributed by atoms with Crippen molar-refractivity contribution in [2.75, 3.05) is 18.1 Å². The fraction of sp³-hybridized carbons (Fsp3) is 0.250. The van der Waals surface area contributed by atoms with Crippen LogP contribution in [0.4, 0.5) is 10.1 Å². The molecule has 0 atom stereocenters. The Morgan fingerprint density at radius 1 is 1.15 bits per heavy atom. The van der Waals surface area contributed by atoms with E-state index < -0.39 is 24.3 Å². The number of aryl methyl sites for hydroxylation is 1. The van der Waals surface area contributed by atoms with E-state index in [4.69, 9.17) is 21.6 Å². The Balaban J connectivity index is 1.93. The summed E-state index contributed by atoms with van der Waals surface area (Å²) >= 11 is 6.03. The Bertz CT molecular complexity index is 851. The molecule has 0 N–H and O–H groups in total. The maximum atomic E-state index is 14.0. The highest BCUT2D eigenvalue weighted by Gasteiger charge is 2.20. The van der Waals surface area contributed by atoms with Crippen LogP contribution in [-0.2, 0) is 20.7 Å². The van der Waals surface area contributed by atoms with Gasteiger partial charge in [0.15, 0.2) is 6.61 Å². The first-order valence-electron chi connectivity index (χ1n) is 8.33. The normalized spacial score (nSPS) is 10.1. The number of nitrogens with zero attached hydrogens (tertiary/aromatic N) is 2. The highest BCUT2D eigenvalue weighted by Crippen LogP contribution is 2.20. The molecule has 5 nitrogen and oxygen atoms in total. The number of hydrogen-bond acceptors (Lipinski definition) is 4. The molecule has 140 valence electrons. The summed E-state index contributed by atoms with van der Waals surface area (Å²) in [4.78, 5) is 25.4. The molecule has 0 saturated heterocycles. The zero-order chi connectivity index (χ0) is 19.6. The lowest BCUT2D eigenvalue weighted by atomic mass is 10.1. The monoisotopic (exact) mass is 388 g/mol. The Kier molecular flexibility index (Phi) is 7.78. The molecular weight excluding hydrogens is 371 g/mol. The molecule has 27 heavy (non-hydrogen) atoms. The lowest BCUT2D eigenvalue weighted by molar-refractivity contribution is -0.147. The van der Waals surface area contributed by atoms with Crippen molar-refractivity contribution in [3.05, 3.63) is 64.9 Å². The quantitative estimate of drug-likeness (QED) is 0.643. The van der Waals surface area contributed by atoms with E-state index in [9.17, 15) is 14.0 Å². The maximum absolute atomic E-state index is 14.0. The van der Waals surface area contributed by atoms with Crippen LogP contribution >= 0.6 is 11.6 Å². The molecule has 0 aliphatic heterocycles. The van der Waals surface area contributed by atoms with E-state index in [2.05, 4.69) is 0 Å². The first-order valence-corrected chi connectivity index (χ1v) is 8.71. The standard InChI is InChI=1S/C20H18ClFN2O3/c21-16-7-2-1-6-15(16)10-11-20(26)27-14-19(25)24(13-5-12-23)18-9-4-3-8-17(18)22/h1-4,6-9H,5,10-11,13-14H2. The van der Waals surface area contributed by atoms with Crippen molar-refractivity contribution >= 4 is 29.2 Å². The van der Waals surface area contributed by atoms with E-state index in [1.54, 1.807) is 18.2 Å². The minimum atomic E-state index is -0.596. The first-order chi connectivity index (χ1) is 13.0. The van der Waals surface area contributed by atoms with Crippen LogP contribution in [0, 0.1) is 17.1 Å². The smallest absolute Gasteiger partial charge is 0.306 e. The third kappa shape index (κ3) is 6.08. The number of anilines is 1. The third-order valence-corrected chi connectivity index (χ3v) is 4.17. The van der Waals surface area contributed by atoms with Crippen molar-refractivity contribution in [1.82, 2.24) is 0 Å². The summed E-state index contributed by atoms with van der Waals surface area (Å²) in [7, 11) is 0. The molecule has 0 saturated carbocycles. The van der Waals surface area contributed by atoms with Crippen LogP contribution in [-0.4, -0.2) is 25.0 Å². The molecule has 0 unspecified atom stereocenters. The summed E-state index contributed by atoms with van der Waals surface area (Å²) in [5.41, 5.74) is 0.856. The van der Waals surface area contributed by atoms with Gasteiger partial charge in [0.2, 0.25) is 0 Å². The molecule has 0 bridgehead atoms. The summed E-state index contributed by atoms with van der Waals surface area (Å²) in [5.74, 6) is -1.74. The molecule has 2 rings (SSSR count). The van der Waals surface area contributed by atoms with Crippen LogP contribution < -0.4 is 4.90 Å². The Labute approximate surface area is 161 Å². The predicted molar refractivity (Wildman–Crippen MR) is 99.7 cm³/mol. The molecule has 0 aromatic heterocycles. The number of amides is 1. The van der Waals surface area contributed by atoms with Crippen LogP contribution in [0.1, 0.15) is 18.4 Å². The number of carbonyl (C=O) groups is 2. The molecule has 1 amide bonds. The fourth-order valence-corrected chi connectivity index (χ4v) is 2.67. The predicted octanol–water partition coefficient (Wildman–Crippen LogP) is 3.90. The third-order valence-electron chi connectivity index (χ3n) is 3.80. The lowest BCUT2D eigenvalue weighted by Crippen LogP contribution is -2.36. The van der Waals surface area contributed by atoms with Gasteiger partial charge in [0.25, 0.3) is 5.91 Å². The molecule has 0 fully saturated rings. The lowest BCUT2D eigenvalue weighted by Gasteiger charge is -2.22. The van der Waals surface area contributed by atoms with Gasteiger partial charge in [-0.25, -0.2) is 4.39 Å². The van der Waals surface area contributed by atoms with E-state index >= 15 is 0 Å². The van der Waals surface area contributed by atoms with Crippen molar-refractivity contribution < 1.29 is 18.7 Å². The number of halogens is 2. The van der Waals surface area contributed by atoms with Crippen LogP contribution in [0.15, 0.2) is 48.5 Å². The van der Waals surface area contributed by atoms with Gasteiger partial charge in [-0.05, 0) is 30.2 Å². The Morgan fingerprint density at radius 2 is 1.85 bits per heavy atom. The van der Waals surface area contributed by atoms with Gasteiger partial charge in [0.05, 0.1) is 18.2 Å². The van der Waals surface area contributed by atoms with Gasteiger partial charge in [0, 0.05) is 18.0 Å². The molecule has 0 spiro atoms. The number of esters is 1. The van der Waals surface area contributed by atoms with E-state index in [1.807, 2.05) is 18.2 Å². The molecule has 7 heteroatoms. The van der Waals surface area contributed by atoms with Gasteiger partial charge >= 0.3 is 5.97 Å². The van der Waals surface area contributed by atoms with Gasteiger partial charge in [-0.2, -0.15) is 5.26 Å². The van der Waals surface area contributed by atoms with Gasteiger partial charge < -0.3 is 9.64 Å². The summed E-state index contributed by atoms with van der Waals surface area (Å²) in [6.45, 7) is -0.519. The second-order valence-electron chi connectivity index (χ2n) is 5.66. The molecule has 2 aromatic rings. The number of ether oxygens (including phenoxy) is 1. The minimum Gasteiger partial charge on any atom is -0.456 e. The van der Waals surface area contributed by atoms with Gasteiger partial charge in [0.1, 0.15) is 5.82 Å². The Morgan fingerprint density at radius 3 is 2.56 bits per heavy atom. The fourth-order valence-electron chi connectivity index (χ4n) is 2.44. The Hall–Kier alpha value is -2.91. The number of para-hydroxylation sites is 1. The number of nitriles is 1. The van der Waals surface area contributed by atoms with Gasteiger partial charge in [-0.15, -0.1) is 0 Å². The van der Waals surface area contributed by atoms with Crippen molar-refractivity contribution in [3.63, 3.8) is 0 Å². The highest BCUT2D eigenvalue weighted by molar-refractivity contribution is 6.31. The van der Waals surface area contributed by atoms with Crippen molar-refractivity contribution in [1.29, 1.82) is 5.26 Å². The van der Waals surface area contributed by atoms with Crippen molar-refractivity contribution in [2.45, 2.75) is 19.3 Å². The second kappa shape index (κ2) is 10.3. The van der Waals surface area contributed by atoms with E-state index in [0.29, 0.717) is 11.4 Å². The van der Waals surface area contributed by atoms with Crippen LogP contribution in [0.3, 0.4) is 0 Å². The molecular formula is C20H18ClFN2O3. The van der Waals surface area contributed by atoms with Crippen molar-refractivity contribution in [2.24, 2.45) is 0 Å². The largest absolute Gasteiger partial charge is 0.456 e. The van der Waals surface area contributed by atoms with Crippen LogP contribution in [0.2, 0.25) is 5.02 Å². The number of carbonyl (C=O) groups excluding carboxylic acids is 2. The second-order valence-corrected chi connectivity index (χ2v) is 6.06. The van der Waals surface area contributed by atoms with Crippen LogP contribution in [0.5, 0.6) is 0 Å². The molecule has 0 heterocycles. The van der Waals surface area contributed by atoms with Crippen LogP contribution in [0.25, 0.3) is 0 Å². The van der Waals surface area contributed by atoms with Crippen molar-refractivity contribution in [3.8, 4) is 6.07 Å². The zero-order valence-corrected chi connectivity index (χ0v) is 15.3. The topological polar surface area (TPSA) is 70.4 Å². The summed E-state index contributed by atoms with van der Waals surface area (Å²) < 4.78 is 19.0. The van der Waals surface area contributed by atoms with Gasteiger partial charge in [-0.1, -0.05) is 41.9 Å². The summed E-state index contributed by atoms with van der Waals surface area (Å²) in [5, 5.41) is 9.31. The summed E-state index contributed by atoms with van der Waals surface area (Å²) in [6, 6.07) is 14.8.